The van der Waals surface area contributed by atoms with Gasteiger partial charge in [-0.3, -0.25) is 0 Å². The van der Waals surface area contributed by atoms with E-state index in [1.54, 1.807) is 0 Å². The molecular weight excluding hydrogens is 194 g/mol. The number of rotatable bonds is 7. The van der Waals surface area contributed by atoms with Crippen LogP contribution in [0.25, 0.3) is 0 Å². The number of nitrogens with two attached hydrogens (primary N) is 1. The van der Waals surface area contributed by atoms with Crippen molar-refractivity contribution >= 4 is 0 Å². The lowest BCUT2D eigenvalue weighted by molar-refractivity contribution is 0.624. The molecular formula is C15H25N. The smallest absolute Gasteiger partial charge is 0.00105 e. The Bertz CT molecular complexity index is 293. The Kier molecular flexibility index (Phi) is 5.01. The quantitative estimate of drug-likeness (QED) is 0.644. The van der Waals surface area contributed by atoms with Crippen molar-refractivity contribution in [1.29, 1.82) is 0 Å². The van der Waals surface area contributed by atoms with Gasteiger partial charge in [-0.05, 0) is 68.6 Å². The number of allylic oxidation sites excluding steroid dienone is 4. The third-order valence-electron chi connectivity index (χ3n) is 3.24. The second-order valence-corrected chi connectivity index (χ2v) is 4.97. The molecule has 0 aromatic rings. The van der Waals surface area contributed by atoms with Gasteiger partial charge in [0, 0.05) is 6.04 Å². The van der Waals surface area contributed by atoms with Crippen LogP contribution in [0.3, 0.4) is 0 Å². The zero-order chi connectivity index (χ0) is 12.1. The molecule has 0 saturated heterocycles. The van der Waals surface area contributed by atoms with Gasteiger partial charge in [-0.2, -0.15) is 0 Å². The maximum atomic E-state index is 5.74. The molecule has 0 spiro atoms. The van der Waals surface area contributed by atoms with Crippen molar-refractivity contribution in [3.8, 4) is 0 Å². The van der Waals surface area contributed by atoms with Crippen molar-refractivity contribution in [2.24, 2.45) is 11.7 Å². The molecule has 0 heterocycles. The van der Waals surface area contributed by atoms with E-state index in [1.165, 1.54) is 29.6 Å². The molecule has 0 aromatic heterocycles. The number of hydrogen-bond acceptors (Lipinski definition) is 1. The summed E-state index contributed by atoms with van der Waals surface area (Å²) in [5.74, 6) is 0.766. The monoisotopic (exact) mass is 219 g/mol. The molecule has 1 unspecified atom stereocenters. The summed E-state index contributed by atoms with van der Waals surface area (Å²) in [5, 5.41) is 0. The van der Waals surface area contributed by atoms with Crippen molar-refractivity contribution in [2.75, 3.05) is 0 Å². The van der Waals surface area contributed by atoms with Crippen molar-refractivity contribution in [3.63, 3.8) is 0 Å². The molecule has 1 rings (SSSR count). The van der Waals surface area contributed by atoms with Crippen LogP contribution in [-0.2, 0) is 0 Å². The van der Waals surface area contributed by atoms with Crippen LogP contribution in [0.1, 0.15) is 46.0 Å². The predicted octanol–water partition coefficient (Wildman–Crippen LogP) is 3.97. The van der Waals surface area contributed by atoms with Crippen molar-refractivity contribution < 1.29 is 0 Å². The van der Waals surface area contributed by atoms with E-state index in [1.807, 2.05) is 0 Å². The summed E-state index contributed by atoms with van der Waals surface area (Å²) < 4.78 is 0. The van der Waals surface area contributed by atoms with Gasteiger partial charge in [0.2, 0.25) is 0 Å². The molecule has 1 nitrogen and oxygen atoms in total. The molecule has 1 aliphatic carbocycles. The highest BCUT2D eigenvalue weighted by atomic mass is 14.6. The lowest BCUT2D eigenvalue weighted by Gasteiger charge is -2.13. The van der Waals surface area contributed by atoms with Crippen molar-refractivity contribution in [1.82, 2.24) is 0 Å². The fraction of sp³-hybridized carbons (Fsp3) is 0.600. The van der Waals surface area contributed by atoms with Crippen molar-refractivity contribution in [3.05, 3.63) is 36.0 Å². The molecule has 16 heavy (non-hydrogen) atoms. The summed E-state index contributed by atoms with van der Waals surface area (Å²) in [7, 11) is 0. The van der Waals surface area contributed by atoms with Gasteiger partial charge in [-0.15, -0.1) is 0 Å². The minimum absolute atomic E-state index is 0.297. The summed E-state index contributed by atoms with van der Waals surface area (Å²) in [4.78, 5) is 0. The predicted molar refractivity (Wildman–Crippen MR) is 72.3 cm³/mol. The van der Waals surface area contributed by atoms with Gasteiger partial charge in [-0.1, -0.05) is 19.2 Å². The maximum absolute atomic E-state index is 5.74. The molecule has 0 aromatic carbocycles. The van der Waals surface area contributed by atoms with Crippen LogP contribution < -0.4 is 5.73 Å². The van der Waals surface area contributed by atoms with Crippen LogP contribution in [0, 0.1) is 5.92 Å². The van der Waals surface area contributed by atoms with Crippen LogP contribution in [0.5, 0.6) is 0 Å². The molecule has 1 fully saturated rings. The summed E-state index contributed by atoms with van der Waals surface area (Å²) >= 11 is 0. The zero-order valence-electron chi connectivity index (χ0n) is 10.8. The minimum Gasteiger partial charge on any atom is -0.328 e. The molecule has 0 amide bonds. The summed E-state index contributed by atoms with van der Waals surface area (Å²) in [5.41, 5.74) is 9.53. The summed E-state index contributed by atoms with van der Waals surface area (Å²) in [6.45, 7) is 12.5. The van der Waals surface area contributed by atoms with E-state index in [0.717, 1.165) is 25.2 Å². The van der Waals surface area contributed by atoms with Gasteiger partial charge in [-0.25, -0.2) is 0 Å². The van der Waals surface area contributed by atoms with E-state index < -0.39 is 0 Å². The van der Waals surface area contributed by atoms with Crippen LogP contribution in [0.4, 0.5) is 0 Å². The van der Waals surface area contributed by atoms with E-state index >= 15 is 0 Å². The van der Waals surface area contributed by atoms with E-state index in [4.69, 9.17) is 5.73 Å². The lowest BCUT2D eigenvalue weighted by Crippen LogP contribution is -2.14. The third kappa shape index (κ3) is 3.97. The molecule has 1 saturated carbocycles. The van der Waals surface area contributed by atoms with Gasteiger partial charge in [0.1, 0.15) is 0 Å². The average Bonchev–Trinajstić information content (AvgIpc) is 3.02. The largest absolute Gasteiger partial charge is 0.328 e. The Balaban J connectivity index is 2.38. The van der Waals surface area contributed by atoms with Gasteiger partial charge >= 0.3 is 0 Å². The maximum Gasteiger partial charge on any atom is 0.00105 e. The summed E-state index contributed by atoms with van der Waals surface area (Å²) in [6, 6.07) is 0.297. The SMILES string of the molecule is C=C(CCCC(C)N)C(=C)/C(=C\C)C1CC1. The van der Waals surface area contributed by atoms with E-state index in [9.17, 15) is 0 Å². The highest BCUT2D eigenvalue weighted by molar-refractivity contribution is 5.45. The van der Waals surface area contributed by atoms with Gasteiger partial charge in [0.15, 0.2) is 0 Å². The second-order valence-electron chi connectivity index (χ2n) is 4.97. The molecule has 1 aliphatic rings. The third-order valence-corrected chi connectivity index (χ3v) is 3.24. The molecule has 0 aliphatic heterocycles. The minimum atomic E-state index is 0.297. The van der Waals surface area contributed by atoms with Gasteiger partial charge in [0.05, 0.1) is 0 Å². The summed E-state index contributed by atoms with van der Waals surface area (Å²) in [6.07, 6.45) is 8.08. The first-order valence-electron chi connectivity index (χ1n) is 6.35. The first kappa shape index (κ1) is 13.2. The van der Waals surface area contributed by atoms with E-state index in [-0.39, 0.29) is 0 Å². The normalized spacial score (nSPS) is 18.3. The van der Waals surface area contributed by atoms with Gasteiger partial charge < -0.3 is 5.73 Å². The fourth-order valence-electron chi connectivity index (χ4n) is 2.04. The van der Waals surface area contributed by atoms with E-state index in [2.05, 4.69) is 33.1 Å². The lowest BCUT2D eigenvalue weighted by atomic mass is 9.93. The Morgan fingerprint density at radius 3 is 2.50 bits per heavy atom. The fourth-order valence-corrected chi connectivity index (χ4v) is 2.04. The van der Waals surface area contributed by atoms with Crippen LogP contribution in [0.2, 0.25) is 0 Å². The van der Waals surface area contributed by atoms with Crippen LogP contribution in [-0.4, -0.2) is 6.04 Å². The zero-order valence-corrected chi connectivity index (χ0v) is 10.8. The Morgan fingerprint density at radius 2 is 2.06 bits per heavy atom. The van der Waals surface area contributed by atoms with E-state index in [0.29, 0.717) is 6.04 Å². The van der Waals surface area contributed by atoms with Gasteiger partial charge in [0.25, 0.3) is 0 Å². The molecule has 0 bridgehead atoms. The second kappa shape index (κ2) is 6.05. The topological polar surface area (TPSA) is 26.0 Å². The standard InChI is InChI=1S/C15H25N/c1-5-15(14-9-10-14)13(4)11(2)7-6-8-12(3)16/h5,12,14H,2,4,6-10,16H2,1,3H3/b15-5+. The highest BCUT2D eigenvalue weighted by Gasteiger charge is 2.27. The highest BCUT2D eigenvalue weighted by Crippen LogP contribution is 2.41. The average molecular weight is 219 g/mol. The van der Waals surface area contributed by atoms with Crippen LogP contribution >= 0.6 is 0 Å². The first-order valence-corrected chi connectivity index (χ1v) is 6.35. The number of hydrogen-bond donors (Lipinski definition) is 1. The van der Waals surface area contributed by atoms with Crippen molar-refractivity contribution in [2.45, 2.75) is 52.0 Å². The molecule has 90 valence electrons. The Hall–Kier alpha value is -0.820. The Labute approximate surface area is 100 Å². The molecule has 0 radical (unpaired) electrons. The first-order chi connectivity index (χ1) is 7.56. The molecule has 1 heteroatoms. The molecule has 1 atom stereocenters. The molecule has 2 N–H and O–H groups in total. The Morgan fingerprint density at radius 1 is 1.44 bits per heavy atom. The van der Waals surface area contributed by atoms with Crippen LogP contribution in [0.15, 0.2) is 36.0 Å².